The van der Waals surface area contributed by atoms with E-state index in [0.29, 0.717) is 17.7 Å². The van der Waals surface area contributed by atoms with E-state index >= 15 is 0 Å². The van der Waals surface area contributed by atoms with E-state index in [1.807, 2.05) is 19.1 Å². The Bertz CT molecular complexity index is 730. The van der Waals surface area contributed by atoms with Gasteiger partial charge in [-0.1, -0.05) is 37.3 Å². The van der Waals surface area contributed by atoms with Crippen LogP contribution < -0.4 is 10.6 Å². The van der Waals surface area contributed by atoms with Gasteiger partial charge in [0.15, 0.2) is 0 Å². The molecule has 1 aliphatic rings. The summed E-state index contributed by atoms with van der Waals surface area (Å²) >= 11 is 0. The van der Waals surface area contributed by atoms with Gasteiger partial charge in [0.05, 0.1) is 0 Å². The lowest BCUT2D eigenvalue weighted by molar-refractivity contribution is -0.116. The van der Waals surface area contributed by atoms with Crippen molar-refractivity contribution >= 4 is 17.5 Å². The predicted molar refractivity (Wildman–Crippen MR) is 95.1 cm³/mol. The Morgan fingerprint density at radius 2 is 1.75 bits per heavy atom. The molecule has 0 fully saturated rings. The fourth-order valence-electron chi connectivity index (χ4n) is 3.12. The van der Waals surface area contributed by atoms with Crippen LogP contribution >= 0.6 is 0 Å². The zero-order valence-electron chi connectivity index (χ0n) is 13.8. The second-order valence-corrected chi connectivity index (χ2v) is 6.23. The molecular weight excluding hydrogens is 300 g/mol. The molecule has 0 bridgehead atoms. The predicted octanol–water partition coefficient (Wildman–Crippen LogP) is 3.32. The Labute approximate surface area is 142 Å². The van der Waals surface area contributed by atoms with E-state index in [1.165, 1.54) is 11.1 Å². The highest BCUT2D eigenvalue weighted by atomic mass is 16.2. The first kappa shape index (κ1) is 16.2. The lowest BCUT2D eigenvalue weighted by Crippen LogP contribution is -2.35. The number of fused-ring (bicyclic) bond motifs is 1. The molecular formula is C20H22N2O2. The SMILES string of the molecule is CCCC(=O)Nc1cccc(C(=O)NC2Cc3ccccc3C2)c1. The fraction of sp³-hybridized carbons (Fsp3) is 0.300. The van der Waals surface area contributed by atoms with Gasteiger partial charge >= 0.3 is 0 Å². The monoisotopic (exact) mass is 322 g/mol. The average Bonchev–Trinajstić information content (AvgIpc) is 2.97. The minimum atomic E-state index is -0.0978. The molecule has 0 spiro atoms. The first-order valence-electron chi connectivity index (χ1n) is 8.43. The van der Waals surface area contributed by atoms with E-state index in [0.717, 1.165) is 19.3 Å². The Hall–Kier alpha value is -2.62. The molecule has 4 nitrogen and oxygen atoms in total. The summed E-state index contributed by atoms with van der Waals surface area (Å²) in [7, 11) is 0. The Morgan fingerprint density at radius 3 is 2.42 bits per heavy atom. The minimum Gasteiger partial charge on any atom is -0.349 e. The van der Waals surface area contributed by atoms with Gasteiger partial charge in [-0.05, 0) is 48.6 Å². The van der Waals surface area contributed by atoms with Crippen LogP contribution in [0.3, 0.4) is 0 Å². The zero-order chi connectivity index (χ0) is 16.9. The van der Waals surface area contributed by atoms with E-state index in [9.17, 15) is 9.59 Å². The zero-order valence-corrected chi connectivity index (χ0v) is 13.8. The maximum Gasteiger partial charge on any atom is 0.251 e. The molecule has 0 heterocycles. The molecule has 124 valence electrons. The summed E-state index contributed by atoms with van der Waals surface area (Å²) in [6.45, 7) is 1.96. The number of hydrogen-bond donors (Lipinski definition) is 2. The maximum absolute atomic E-state index is 12.5. The lowest BCUT2D eigenvalue weighted by atomic mass is 10.1. The Balaban J connectivity index is 1.63. The molecule has 3 rings (SSSR count). The van der Waals surface area contributed by atoms with Gasteiger partial charge in [0.2, 0.25) is 5.91 Å². The first-order valence-corrected chi connectivity index (χ1v) is 8.43. The van der Waals surface area contributed by atoms with Gasteiger partial charge in [0.25, 0.3) is 5.91 Å². The molecule has 1 aliphatic carbocycles. The number of rotatable bonds is 5. The molecule has 0 aromatic heterocycles. The van der Waals surface area contributed by atoms with Gasteiger partial charge in [-0.15, -0.1) is 0 Å². The minimum absolute atomic E-state index is 0.0266. The van der Waals surface area contributed by atoms with Crippen LogP contribution in [0.2, 0.25) is 0 Å². The highest BCUT2D eigenvalue weighted by molar-refractivity contribution is 5.97. The van der Waals surface area contributed by atoms with Crippen molar-refractivity contribution in [3.05, 3.63) is 65.2 Å². The van der Waals surface area contributed by atoms with E-state index < -0.39 is 0 Å². The third kappa shape index (κ3) is 3.82. The first-order chi connectivity index (χ1) is 11.7. The third-order valence-corrected chi connectivity index (χ3v) is 4.27. The van der Waals surface area contributed by atoms with Crippen molar-refractivity contribution in [3.63, 3.8) is 0 Å². The average molecular weight is 322 g/mol. The quantitative estimate of drug-likeness (QED) is 0.887. The van der Waals surface area contributed by atoms with Crippen LogP contribution in [0, 0.1) is 0 Å². The van der Waals surface area contributed by atoms with Crippen LogP contribution in [0.15, 0.2) is 48.5 Å². The summed E-state index contributed by atoms with van der Waals surface area (Å²) in [5.74, 6) is -0.124. The third-order valence-electron chi connectivity index (χ3n) is 4.27. The topological polar surface area (TPSA) is 58.2 Å². The number of nitrogens with one attached hydrogen (secondary N) is 2. The molecule has 4 heteroatoms. The smallest absolute Gasteiger partial charge is 0.251 e. The summed E-state index contributed by atoms with van der Waals surface area (Å²) in [5.41, 5.74) is 3.85. The number of hydrogen-bond acceptors (Lipinski definition) is 2. The molecule has 2 amide bonds. The number of carbonyl (C=O) groups excluding carboxylic acids is 2. The van der Waals surface area contributed by atoms with Crippen molar-refractivity contribution in [2.45, 2.75) is 38.6 Å². The molecule has 0 unspecified atom stereocenters. The van der Waals surface area contributed by atoms with Gasteiger partial charge in [0, 0.05) is 23.7 Å². The fourth-order valence-corrected chi connectivity index (χ4v) is 3.12. The van der Waals surface area contributed by atoms with Crippen molar-refractivity contribution in [3.8, 4) is 0 Å². The van der Waals surface area contributed by atoms with E-state index in [-0.39, 0.29) is 17.9 Å². The van der Waals surface area contributed by atoms with Crippen LogP contribution in [-0.4, -0.2) is 17.9 Å². The summed E-state index contributed by atoms with van der Waals surface area (Å²) in [6.07, 6.45) is 3.02. The normalized spacial score (nSPS) is 13.4. The lowest BCUT2D eigenvalue weighted by Gasteiger charge is -2.13. The molecule has 2 N–H and O–H groups in total. The molecule has 0 saturated heterocycles. The molecule has 24 heavy (non-hydrogen) atoms. The summed E-state index contributed by atoms with van der Waals surface area (Å²) in [6, 6.07) is 15.5. The van der Waals surface area contributed by atoms with E-state index in [4.69, 9.17) is 0 Å². The highest BCUT2D eigenvalue weighted by Crippen LogP contribution is 2.22. The van der Waals surface area contributed by atoms with E-state index in [2.05, 4.69) is 22.8 Å². The summed E-state index contributed by atoms with van der Waals surface area (Å²) in [4.78, 5) is 24.2. The second kappa shape index (κ2) is 7.30. The van der Waals surface area contributed by atoms with Gasteiger partial charge in [-0.2, -0.15) is 0 Å². The van der Waals surface area contributed by atoms with Crippen molar-refractivity contribution in [2.24, 2.45) is 0 Å². The van der Waals surface area contributed by atoms with E-state index in [1.54, 1.807) is 24.3 Å². The summed E-state index contributed by atoms with van der Waals surface area (Å²) < 4.78 is 0. The second-order valence-electron chi connectivity index (χ2n) is 6.23. The van der Waals surface area contributed by atoms with Crippen molar-refractivity contribution < 1.29 is 9.59 Å². The largest absolute Gasteiger partial charge is 0.349 e. The molecule has 0 atom stereocenters. The van der Waals surface area contributed by atoms with Gasteiger partial charge in [-0.3, -0.25) is 9.59 Å². The standard InChI is InChI=1S/C20H22N2O2/c1-2-6-19(23)21-17-10-5-9-16(13-17)20(24)22-18-11-14-7-3-4-8-15(14)12-18/h3-5,7-10,13,18H,2,6,11-12H2,1H3,(H,21,23)(H,22,24). The summed E-state index contributed by atoms with van der Waals surface area (Å²) in [5, 5.41) is 5.92. The number of benzene rings is 2. The van der Waals surface area contributed by atoms with Crippen LogP contribution in [0.5, 0.6) is 0 Å². The van der Waals surface area contributed by atoms with Crippen LogP contribution in [0.4, 0.5) is 5.69 Å². The van der Waals surface area contributed by atoms with Crippen LogP contribution in [0.25, 0.3) is 0 Å². The highest BCUT2D eigenvalue weighted by Gasteiger charge is 2.22. The molecule has 0 saturated carbocycles. The molecule has 0 radical (unpaired) electrons. The molecule has 0 aliphatic heterocycles. The Kier molecular flexibility index (Phi) is 4.94. The molecule has 2 aromatic carbocycles. The number of amides is 2. The molecule has 2 aromatic rings. The van der Waals surface area contributed by atoms with Crippen LogP contribution in [-0.2, 0) is 17.6 Å². The van der Waals surface area contributed by atoms with Gasteiger partial charge in [-0.25, -0.2) is 0 Å². The van der Waals surface area contributed by atoms with Gasteiger partial charge < -0.3 is 10.6 Å². The van der Waals surface area contributed by atoms with Crippen molar-refractivity contribution in [1.82, 2.24) is 5.32 Å². The van der Waals surface area contributed by atoms with Crippen molar-refractivity contribution in [2.75, 3.05) is 5.32 Å². The van der Waals surface area contributed by atoms with Crippen LogP contribution in [0.1, 0.15) is 41.3 Å². The van der Waals surface area contributed by atoms with Gasteiger partial charge in [0.1, 0.15) is 0 Å². The number of carbonyl (C=O) groups is 2. The number of anilines is 1. The maximum atomic E-state index is 12.5. The Morgan fingerprint density at radius 1 is 1.04 bits per heavy atom. The van der Waals surface area contributed by atoms with Crippen molar-refractivity contribution in [1.29, 1.82) is 0 Å².